The maximum atomic E-state index is 12.4. The molecule has 0 unspecified atom stereocenters. The molecule has 5 heteroatoms. The van der Waals surface area contributed by atoms with Gasteiger partial charge < -0.3 is 15.4 Å². The Bertz CT molecular complexity index is 555. The van der Waals surface area contributed by atoms with E-state index in [4.69, 9.17) is 10.5 Å². The quantitative estimate of drug-likeness (QED) is 0.906. The second kappa shape index (κ2) is 6.72. The Kier molecular flexibility index (Phi) is 4.96. The van der Waals surface area contributed by atoms with Crippen molar-refractivity contribution in [1.82, 2.24) is 4.90 Å². The van der Waals surface area contributed by atoms with Gasteiger partial charge in [-0.3, -0.25) is 4.79 Å². The van der Waals surface area contributed by atoms with Gasteiger partial charge in [0.25, 0.3) is 5.91 Å². The molecule has 2 rings (SSSR count). The van der Waals surface area contributed by atoms with Crippen LogP contribution in [0.2, 0.25) is 0 Å². The van der Waals surface area contributed by atoms with Crippen molar-refractivity contribution in [2.24, 2.45) is 5.73 Å². The van der Waals surface area contributed by atoms with Crippen LogP contribution in [0.1, 0.15) is 29.8 Å². The molecule has 4 nitrogen and oxygen atoms in total. The van der Waals surface area contributed by atoms with Gasteiger partial charge in [0, 0.05) is 30.3 Å². The molecule has 1 aliphatic heterocycles. The molecule has 0 radical (unpaired) electrons. The lowest BCUT2D eigenvalue weighted by Crippen LogP contribution is -2.42. The van der Waals surface area contributed by atoms with Crippen LogP contribution in [0.25, 0.3) is 0 Å². The van der Waals surface area contributed by atoms with Gasteiger partial charge in [0.15, 0.2) is 0 Å². The first-order valence-corrected chi connectivity index (χ1v) is 7.11. The molecular formula is C16H21FN2O2. The van der Waals surface area contributed by atoms with Gasteiger partial charge in [0.2, 0.25) is 0 Å². The van der Waals surface area contributed by atoms with Gasteiger partial charge in [-0.2, -0.15) is 0 Å². The summed E-state index contributed by atoms with van der Waals surface area (Å²) in [6.45, 7) is 4.99. The fourth-order valence-corrected chi connectivity index (χ4v) is 2.38. The highest BCUT2D eigenvalue weighted by Gasteiger charge is 2.26. The van der Waals surface area contributed by atoms with Gasteiger partial charge in [0.05, 0.1) is 6.33 Å². The highest BCUT2D eigenvalue weighted by atomic mass is 19.1. The van der Waals surface area contributed by atoms with Gasteiger partial charge in [-0.1, -0.05) is 0 Å². The second-order valence-corrected chi connectivity index (χ2v) is 5.42. The van der Waals surface area contributed by atoms with Gasteiger partial charge in [-0.05, 0) is 44.0 Å². The Morgan fingerprint density at radius 3 is 2.90 bits per heavy atom. The zero-order valence-corrected chi connectivity index (χ0v) is 12.4. The van der Waals surface area contributed by atoms with E-state index in [2.05, 4.69) is 0 Å². The topological polar surface area (TPSA) is 55.6 Å². The molecule has 0 saturated heterocycles. The molecule has 0 aromatic heterocycles. The van der Waals surface area contributed by atoms with Gasteiger partial charge in [-0.15, -0.1) is 0 Å². The van der Waals surface area contributed by atoms with Crippen molar-refractivity contribution in [3.63, 3.8) is 0 Å². The Labute approximate surface area is 124 Å². The summed E-state index contributed by atoms with van der Waals surface area (Å²) < 4.78 is 17.9. The van der Waals surface area contributed by atoms with Crippen molar-refractivity contribution in [3.05, 3.63) is 41.2 Å². The van der Waals surface area contributed by atoms with E-state index >= 15 is 0 Å². The van der Waals surface area contributed by atoms with E-state index in [9.17, 15) is 9.18 Å². The van der Waals surface area contributed by atoms with Crippen molar-refractivity contribution < 1.29 is 13.9 Å². The Hall–Kier alpha value is -1.88. The minimum atomic E-state index is 0.0594. The number of amides is 1. The van der Waals surface area contributed by atoms with E-state index in [-0.39, 0.29) is 25.1 Å². The van der Waals surface area contributed by atoms with Crippen LogP contribution in [0.4, 0.5) is 4.39 Å². The standard InChI is InChI=1S/C16H21FN2O2/c1-11(2)19-6-5-13-7-14(3-4-15(13)16(19)20)21-10-12(8-17)9-18/h3-4,7-8,11H,5-6,9-10,18H2,1-2H3/b12-8+. The number of rotatable bonds is 5. The first-order valence-electron chi connectivity index (χ1n) is 7.11. The van der Waals surface area contributed by atoms with Gasteiger partial charge >= 0.3 is 0 Å². The average Bonchev–Trinajstić information content (AvgIpc) is 2.48. The lowest BCUT2D eigenvalue weighted by atomic mass is 9.98. The molecule has 2 N–H and O–H groups in total. The summed E-state index contributed by atoms with van der Waals surface area (Å²) in [5.74, 6) is 0.691. The third kappa shape index (κ3) is 3.42. The van der Waals surface area contributed by atoms with Crippen molar-refractivity contribution in [2.75, 3.05) is 19.7 Å². The van der Waals surface area contributed by atoms with Crippen molar-refractivity contribution in [1.29, 1.82) is 0 Å². The van der Waals surface area contributed by atoms with Crippen LogP contribution in [0.15, 0.2) is 30.1 Å². The van der Waals surface area contributed by atoms with Crippen molar-refractivity contribution in [3.8, 4) is 5.75 Å². The third-order valence-electron chi connectivity index (χ3n) is 3.65. The minimum Gasteiger partial charge on any atom is -0.489 e. The zero-order chi connectivity index (χ0) is 15.4. The largest absolute Gasteiger partial charge is 0.489 e. The van der Waals surface area contributed by atoms with E-state index in [0.717, 1.165) is 17.5 Å². The number of carbonyl (C=O) groups excluding carboxylic acids is 1. The molecule has 21 heavy (non-hydrogen) atoms. The molecule has 0 aliphatic carbocycles. The van der Waals surface area contributed by atoms with E-state index in [1.807, 2.05) is 24.8 Å². The summed E-state index contributed by atoms with van der Waals surface area (Å²) >= 11 is 0. The van der Waals surface area contributed by atoms with Crippen LogP contribution in [-0.4, -0.2) is 36.5 Å². The number of fused-ring (bicyclic) bond motifs is 1. The molecule has 0 saturated carbocycles. The number of hydrogen-bond acceptors (Lipinski definition) is 3. The molecule has 0 spiro atoms. The maximum Gasteiger partial charge on any atom is 0.254 e. The van der Waals surface area contributed by atoms with Crippen LogP contribution < -0.4 is 10.5 Å². The lowest BCUT2D eigenvalue weighted by Gasteiger charge is -2.32. The molecule has 114 valence electrons. The number of halogens is 1. The third-order valence-corrected chi connectivity index (χ3v) is 3.65. The number of carbonyl (C=O) groups is 1. The Morgan fingerprint density at radius 2 is 2.29 bits per heavy atom. The molecule has 0 fully saturated rings. The molecule has 1 amide bonds. The SMILES string of the molecule is CC(C)N1CCc2cc(OC/C(=C/F)CN)ccc2C1=O. The first-order chi connectivity index (χ1) is 10.1. The van der Waals surface area contributed by atoms with E-state index in [0.29, 0.717) is 24.2 Å². The van der Waals surface area contributed by atoms with Crippen LogP contribution >= 0.6 is 0 Å². The summed E-state index contributed by atoms with van der Waals surface area (Å²) in [6, 6.07) is 5.58. The molecule has 1 aromatic rings. The summed E-state index contributed by atoms with van der Waals surface area (Å²) in [4.78, 5) is 14.2. The molecular weight excluding hydrogens is 271 g/mol. The van der Waals surface area contributed by atoms with Crippen LogP contribution in [-0.2, 0) is 6.42 Å². The van der Waals surface area contributed by atoms with Crippen molar-refractivity contribution >= 4 is 5.91 Å². The summed E-state index contributed by atoms with van der Waals surface area (Å²) in [6.07, 6.45) is 1.28. The monoisotopic (exact) mass is 292 g/mol. The summed E-state index contributed by atoms with van der Waals surface area (Å²) in [7, 11) is 0. The normalized spacial score (nSPS) is 15.4. The molecule has 1 aromatic carbocycles. The molecule has 1 heterocycles. The molecule has 0 bridgehead atoms. The highest BCUT2D eigenvalue weighted by Crippen LogP contribution is 2.25. The first kappa shape index (κ1) is 15.5. The van der Waals surface area contributed by atoms with Crippen molar-refractivity contribution in [2.45, 2.75) is 26.3 Å². The fraction of sp³-hybridized carbons (Fsp3) is 0.438. The Balaban J connectivity index is 2.12. The number of ether oxygens (including phenoxy) is 1. The highest BCUT2D eigenvalue weighted by molar-refractivity contribution is 5.97. The average molecular weight is 292 g/mol. The molecule has 1 aliphatic rings. The number of nitrogens with zero attached hydrogens (tertiary/aromatic N) is 1. The fourth-order valence-electron chi connectivity index (χ4n) is 2.38. The smallest absolute Gasteiger partial charge is 0.254 e. The second-order valence-electron chi connectivity index (χ2n) is 5.42. The number of nitrogens with two attached hydrogens (primary N) is 1. The summed E-state index contributed by atoms with van der Waals surface area (Å²) in [5.41, 5.74) is 7.48. The van der Waals surface area contributed by atoms with Gasteiger partial charge in [-0.25, -0.2) is 4.39 Å². The predicted octanol–water partition coefficient (Wildman–Crippen LogP) is 2.28. The molecule has 0 atom stereocenters. The van der Waals surface area contributed by atoms with Crippen LogP contribution in [0.3, 0.4) is 0 Å². The zero-order valence-electron chi connectivity index (χ0n) is 12.4. The number of hydrogen-bond donors (Lipinski definition) is 1. The Morgan fingerprint density at radius 1 is 1.52 bits per heavy atom. The van der Waals surface area contributed by atoms with Crippen LogP contribution in [0.5, 0.6) is 5.75 Å². The maximum absolute atomic E-state index is 12.4. The van der Waals surface area contributed by atoms with E-state index in [1.165, 1.54) is 0 Å². The number of benzene rings is 1. The van der Waals surface area contributed by atoms with Crippen LogP contribution in [0, 0.1) is 0 Å². The summed E-state index contributed by atoms with van der Waals surface area (Å²) in [5, 5.41) is 0. The van der Waals surface area contributed by atoms with Gasteiger partial charge in [0.1, 0.15) is 12.4 Å². The van der Waals surface area contributed by atoms with E-state index in [1.54, 1.807) is 12.1 Å². The predicted molar refractivity (Wildman–Crippen MR) is 80.1 cm³/mol. The van der Waals surface area contributed by atoms with E-state index < -0.39 is 0 Å². The minimum absolute atomic E-state index is 0.0594. The lowest BCUT2D eigenvalue weighted by molar-refractivity contribution is 0.0688.